The highest BCUT2D eigenvalue weighted by Crippen LogP contribution is 2.29. The largest absolute Gasteiger partial charge is 0.459 e. The molecule has 26 heavy (non-hydrogen) atoms. The molecule has 0 bridgehead atoms. The van der Waals surface area contributed by atoms with Crippen LogP contribution in [0.3, 0.4) is 0 Å². The Morgan fingerprint density at radius 3 is 2.08 bits per heavy atom. The van der Waals surface area contributed by atoms with Crippen molar-refractivity contribution in [2.24, 2.45) is 5.92 Å². The van der Waals surface area contributed by atoms with E-state index in [0.717, 1.165) is 0 Å². The normalized spacial score (nSPS) is 24.8. The number of benzene rings is 2. The van der Waals surface area contributed by atoms with Crippen molar-refractivity contribution in [3.63, 3.8) is 0 Å². The average Bonchev–Trinajstić information content (AvgIpc) is 2.95. The minimum atomic E-state index is -0.611. The Labute approximate surface area is 153 Å². The van der Waals surface area contributed by atoms with Crippen LogP contribution >= 0.6 is 0 Å². The summed E-state index contributed by atoms with van der Waals surface area (Å²) in [6.07, 6.45) is -1.21. The van der Waals surface area contributed by atoms with E-state index >= 15 is 0 Å². The molecule has 5 nitrogen and oxygen atoms in total. The predicted molar refractivity (Wildman–Crippen MR) is 95.9 cm³/mol. The second-order valence-corrected chi connectivity index (χ2v) is 6.20. The lowest BCUT2D eigenvalue weighted by atomic mass is 9.86. The smallest absolute Gasteiger partial charge is 0.338 e. The molecule has 4 atom stereocenters. The van der Waals surface area contributed by atoms with Crippen LogP contribution in [0.15, 0.2) is 60.7 Å². The van der Waals surface area contributed by atoms with Gasteiger partial charge in [0, 0.05) is 11.9 Å². The Bertz CT molecular complexity index is 749. The molecule has 2 aromatic carbocycles. The topological polar surface area (TPSA) is 61.8 Å². The summed E-state index contributed by atoms with van der Waals surface area (Å²) in [5.41, 5.74) is 0.890. The van der Waals surface area contributed by atoms with Crippen molar-refractivity contribution in [3.05, 3.63) is 71.8 Å². The Morgan fingerprint density at radius 1 is 0.962 bits per heavy atom. The zero-order valence-electron chi connectivity index (χ0n) is 14.4. The number of hydrogen-bond donors (Lipinski definition) is 0. The fraction of sp³-hybridized carbons (Fsp3) is 0.300. The van der Waals surface area contributed by atoms with Gasteiger partial charge >= 0.3 is 11.9 Å². The Kier molecular flexibility index (Phi) is 5.73. The van der Waals surface area contributed by atoms with Gasteiger partial charge in [-0.05, 0) is 24.3 Å². The minimum Gasteiger partial charge on any atom is -0.459 e. The maximum absolute atomic E-state index is 12.3. The summed E-state index contributed by atoms with van der Waals surface area (Å²) in [6, 6.07) is 16.8. The van der Waals surface area contributed by atoms with Crippen LogP contribution in [0.25, 0.3) is 0 Å². The Balaban J connectivity index is 1.63. The van der Waals surface area contributed by atoms with Gasteiger partial charge in [0.15, 0.2) is 0 Å². The Morgan fingerprint density at radius 2 is 1.50 bits per heavy atom. The fourth-order valence-corrected chi connectivity index (χ4v) is 2.83. The molecule has 132 valence electrons. The lowest BCUT2D eigenvalue weighted by Gasteiger charge is -2.21. The molecule has 0 N–H and O–H groups in total. The summed E-state index contributed by atoms with van der Waals surface area (Å²) in [6.45, 7) is 1.80. The van der Waals surface area contributed by atoms with E-state index in [1.165, 1.54) is 0 Å². The second-order valence-electron chi connectivity index (χ2n) is 6.20. The molecule has 0 spiro atoms. The summed E-state index contributed by atoms with van der Waals surface area (Å²) >= 11 is 0. The molecule has 2 aromatic rings. The van der Waals surface area contributed by atoms with Gasteiger partial charge in [-0.15, -0.1) is 0 Å². The van der Waals surface area contributed by atoms with Crippen LogP contribution < -0.4 is 0 Å². The van der Waals surface area contributed by atoms with Gasteiger partial charge < -0.3 is 14.2 Å². The monoisotopic (exact) mass is 350 g/mol. The first kappa shape index (κ1) is 18.2. The third-order valence-electron chi connectivity index (χ3n) is 4.38. The Hall–Kier alpha value is -2.60. The number of hydrogen-bond acceptors (Lipinski definition) is 5. The first-order valence-corrected chi connectivity index (χ1v) is 8.45. The molecule has 2 radical (unpaired) electrons. The molecule has 0 amide bonds. The van der Waals surface area contributed by atoms with Gasteiger partial charge in [-0.1, -0.05) is 43.3 Å². The lowest BCUT2D eigenvalue weighted by Crippen LogP contribution is -2.35. The molecule has 1 fully saturated rings. The van der Waals surface area contributed by atoms with Gasteiger partial charge in [-0.2, -0.15) is 0 Å². The van der Waals surface area contributed by atoms with Crippen LogP contribution in [0.1, 0.15) is 27.6 Å². The number of carbonyl (C=O) groups excluding carboxylic acids is 2. The van der Waals surface area contributed by atoms with Gasteiger partial charge in [-0.25, -0.2) is 9.59 Å². The predicted octanol–water partition coefficient (Wildman–Crippen LogP) is 2.60. The zero-order valence-corrected chi connectivity index (χ0v) is 14.4. The van der Waals surface area contributed by atoms with E-state index in [0.29, 0.717) is 11.1 Å². The van der Waals surface area contributed by atoms with Gasteiger partial charge in [-0.3, -0.25) is 0 Å². The van der Waals surface area contributed by atoms with Crippen molar-refractivity contribution in [2.75, 3.05) is 6.61 Å². The fourth-order valence-electron chi connectivity index (χ4n) is 2.83. The van der Waals surface area contributed by atoms with E-state index in [1.54, 1.807) is 48.5 Å². The average molecular weight is 350 g/mol. The van der Waals surface area contributed by atoms with Crippen molar-refractivity contribution in [1.29, 1.82) is 0 Å². The highest BCUT2D eigenvalue weighted by molar-refractivity contribution is 6.11. The highest BCUT2D eigenvalue weighted by Gasteiger charge is 2.42. The lowest BCUT2D eigenvalue weighted by molar-refractivity contribution is -0.0339. The molecule has 0 saturated carbocycles. The van der Waals surface area contributed by atoms with Crippen molar-refractivity contribution < 1.29 is 23.8 Å². The molecular weight excluding hydrogens is 331 g/mol. The first-order chi connectivity index (χ1) is 12.6. The van der Waals surface area contributed by atoms with Crippen LogP contribution in [0, 0.1) is 5.92 Å². The highest BCUT2D eigenvalue weighted by atomic mass is 16.6. The summed E-state index contributed by atoms with van der Waals surface area (Å²) in [4.78, 5) is 24.4. The molecule has 1 heterocycles. The number of esters is 2. The summed E-state index contributed by atoms with van der Waals surface area (Å²) < 4.78 is 16.5. The van der Waals surface area contributed by atoms with E-state index < -0.39 is 30.1 Å². The quantitative estimate of drug-likeness (QED) is 0.613. The maximum atomic E-state index is 12.3. The molecule has 6 heteroatoms. The minimum absolute atomic E-state index is 0.0432. The third-order valence-corrected chi connectivity index (χ3v) is 4.38. The summed E-state index contributed by atoms with van der Waals surface area (Å²) in [5.74, 6) is -1.14. The van der Waals surface area contributed by atoms with E-state index in [-0.39, 0.29) is 12.5 Å². The van der Waals surface area contributed by atoms with Crippen LogP contribution in [-0.2, 0) is 14.2 Å². The molecule has 0 aliphatic carbocycles. The van der Waals surface area contributed by atoms with Crippen molar-refractivity contribution in [3.8, 4) is 0 Å². The van der Waals surface area contributed by atoms with Gasteiger partial charge in [0.05, 0.1) is 11.1 Å². The SMILES string of the molecule is [B][C@@H]1O[C@H](COC(=O)c2ccccc2)[C@@H](OC(=O)c2ccccc2)[C@@H]1C. The molecular formula is C20H19BO5. The van der Waals surface area contributed by atoms with Gasteiger partial charge in [0.1, 0.15) is 26.7 Å². The van der Waals surface area contributed by atoms with E-state index in [4.69, 9.17) is 22.1 Å². The van der Waals surface area contributed by atoms with Crippen LogP contribution in [0.2, 0.25) is 0 Å². The van der Waals surface area contributed by atoms with E-state index in [1.807, 2.05) is 19.1 Å². The van der Waals surface area contributed by atoms with Crippen molar-refractivity contribution >= 4 is 19.8 Å². The molecule has 0 aromatic heterocycles. The summed E-state index contributed by atoms with van der Waals surface area (Å²) in [5, 5.41) is 0. The zero-order chi connectivity index (χ0) is 18.5. The number of rotatable bonds is 5. The van der Waals surface area contributed by atoms with Crippen LogP contribution in [-0.4, -0.2) is 44.6 Å². The molecule has 3 rings (SSSR count). The summed E-state index contributed by atoms with van der Waals surface area (Å²) in [7, 11) is 5.94. The third kappa shape index (κ3) is 4.14. The van der Waals surface area contributed by atoms with Crippen molar-refractivity contribution in [2.45, 2.75) is 25.1 Å². The standard InChI is InChI=1S/C20H19BO5/c1-13-17(26-20(23)15-10-6-3-7-11-15)16(25-18(13)21)12-24-19(22)14-8-4-2-5-9-14/h2-11,13,16-18H,12H2,1H3/t13-,16+,17-,18+/m0/s1. The number of ether oxygens (including phenoxy) is 3. The van der Waals surface area contributed by atoms with E-state index in [2.05, 4.69) is 0 Å². The molecule has 0 unspecified atom stereocenters. The van der Waals surface area contributed by atoms with E-state index in [9.17, 15) is 9.59 Å². The van der Waals surface area contributed by atoms with Crippen LogP contribution in [0.4, 0.5) is 0 Å². The second kappa shape index (κ2) is 8.19. The first-order valence-electron chi connectivity index (χ1n) is 8.45. The molecule has 1 aliphatic rings. The molecule has 1 saturated heterocycles. The van der Waals surface area contributed by atoms with Gasteiger partial charge in [0.2, 0.25) is 0 Å². The number of carbonyl (C=O) groups is 2. The molecule has 1 aliphatic heterocycles. The van der Waals surface area contributed by atoms with Crippen molar-refractivity contribution in [1.82, 2.24) is 0 Å². The van der Waals surface area contributed by atoms with Gasteiger partial charge in [0.25, 0.3) is 0 Å². The maximum Gasteiger partial charge on any atom is 0.338 e. The van der Waals surface area contributed by atoms with Crippen LogP contribution in [0.5, 0.6) is 0 Å².